The van der Waals surface area contributed by atoms with Gasteiger partial charge in [0.15, 0.2) is 0 Å². The lowest BCUT2D eigenvalue weighted by Gasteiger charge is -2.25. The topological polar surface area (TPSA) is 149 Å². The van der Waals surface area contributed by atoms with Crippen LogP contribution in [0.4, 0.5) is 0 Å². The van der Waals surface area contributed by atoms with Crippen LogP contribution < -0.4 is 0 Å². The van der Waals surface area contributed by atoms with E-state index >= 15 is 0 Å². The molecule has 0 aromatic heterocycles. The van der Waals surface area contributed by atoms with E-state index in [4.69, 9.17) is 0 Å². The predicted molar refractivity (Wildman–Crippen MR) is 131 cm³/mol. The summed E-state index contributed by atoms with van der Waals surface area (Å²) in [5, 5.41) is 18.4. The minimum absolute atomic E-state index is 0.0745. The number of fused-ring (bicyclic) bond motifs is 2. The van der Waals surface area contributed by atoms with E-state index in [1.165, 1.54) is 12.1 Å². The molecule has 0 saturated carbocycles. The molecular formula is C27H28N2O8. The van der Waals surface area contributed by atoms with Crippen molar-refractivity contribution < 1.29 is 39.0 Å². The first kappa shape index (κ1) is 27.3. The van der Waals surface area contributed by atoms with Crippen LogP contribution in [0.5, 0.6) is 0 Å². The number of nitrogens with zero attached hydrogens (tertiary/aromatic N) is 2. The van der Waals surface area contributed by atoms with Crippen molar-refractivity contribution in [1.82, 2.24) is 9.80 Å². The van der Waals surface area contributed by atoms with E-state index in [0.717, 1.165) is 9.80 Å². The smallest absolute Gasteiger partial charge is 0.327 e. The first-order valence-corrected chi connectivity index (χ1v) is 11.8. The zero-order valence-corrected chi connectivity index (χ0v) is 20.9. The number of amides is 4. The maximum atomic E-state index is 12.2. The Balaban J connectivity index is 0.000000206. The van der Waals surface area contributed by atoms with Crippen molar-refractivity contribution in [3.8, 4) is 0 Å². The van der Waals surface area contributed by atoms with Crippen LogP contribution in [0.1, 0.15) is 75.5 Å². The quantitative estimate of drug-likeness (QED) is 0.542. The van der Waals surface area contributed by atoms with E-state index in [2.05, 4.69) is 0 Å². The Morgan fingerprint density at radius 2 is 1.00 bits per heavy atom. The lowest BCUT2D eigenvalue weighted by atomic mass is 10.0. The number of aliphatic carboxylic acids is 2. The van der Waals surface area contributed by atoms with Crippen molar-refractivity contribution >= 4 is 35.6 Å². The van der Waals surface area contributed by atoms with Crippen LogP contribution in [0.2, 0.25) is 0 Å². The molecule has 2 heterocycles. The number of hydrogen-bond acceptors (Lipinski definition) is 6. The summed E-state index contributed by atoms with van der Waals surface area (Å²) in [7, 11) is 0. The molecule has 4 rings (SSSR count). The molecule has 10 nitrogen and oxygen atoms in total. The van der Waals surface area contributed by atoms with Gasteiger partial charge in [0.1, 0.15) is 12.1 Å². The van der Waals surface area contributed by atoms with Crippen molar-refractivity contribution in [2.75, 3.05) is 0 Å². The second-order valence-corrected chi connectivity index (χ2v) is 9.56. The van der Waals surface area contributed by atoms with Gasteiger partial charge in [-0.05, 0) is 42.5 Å². The fourth-order valence-corrected chi connectivity index (χ4v) is 4.41. The molecule has 2 aliphatic heterocycles. The maximum Gasteiger partial charge on any atom is 0.327 e. The number of carbonyl (C=O) groups is 6. The number of carboxylic acid groups (broad SMARTS) is 2. The van der Waals surface area contributed by atoms with Gasteiger partial charge in [0, 0.05) is 0 Å². The van der Waals surface area contributed by atoms with Crippen LogP contribution >= 0.6 is 0 Å². The van der Waals surface area contributed by atoms with Gasteiger partial charge < -0.3 is 10.2 Å². The molecule has 2 aromatic rings. The minimum atomic E-state index is -1.17. The highest BCUT2D eigenvalue weighted by Crippen LogP contribution is 2.28. The third kappa shape index (κ3) is 5.13. The highest BCUT2D eigenvalue weighted by atomic mass is 16.4. The van der Waals surface area contributed by atoms with Gasteiger partial charge in [-0.3, -0.25) is 29.0 Å². The molecule has 0 aliphatic carbocycles. The molecular weight excluding hydrogens is 480 g/mol. The molecule has 2 N–H and O–H groups in total. The summed E-state index contributed by atoms with van der Waals surface area (Å²) < 4.78 is 0. The largest absolute Gasteiger partial charge is 0.480 e. The number of carboxylic acids is 2. The van der Waals surface area contributed by atoms with Gasteiger partial charge in [-0.25, -0.2) is 9.59 Å². The van der Waals surface area contributed by atoms with E-state index in [-0.39, 0.29) is 40.5 Å². The summed E-state index contributed by atoms with van der Waals surface area (Å²) in [6, 6.07) is 10.6. The minimum Gasteiger partial charge on any atom is -0.480 e. The summed E-state index contributed by atoms with van der Waals surface area (Å²) in [5.41, 5.74) is 1.11. The molecule has 2 aliphatic rings. The third-order valence-corrected chi connectivity index (χ3v) is 6.11. The van der Waals surface area contributed by atoms with Crippen LogP contribution in [0.15, 0.2) is 48.5 Å². The van der Waals surface area contributed by atoms with Gasteiger partial charge in [0.05, 0.1) is 22.3 Å². The number of benzene rings is 2. The van der Waals surface area contributed by atoms with Gasteiger partial charge in [-0.15, -0.1) is 0 Å². The average molecular weight is 509 g/mol. The Labute approximate surface area is 213 Å². The molecule has 0 fully saturated rings. The van der Waals surface area contributed by atoms with Gasteiger partial charge in [0.2, 0.25) is 0 Å². The SMILES string of the molecule is CC(C)C(C(=O)O)N1C(=O)c2ccccc2C1=O.CC(C)CC(C(=O)O)N1C(=O)c2ccccc2C1=O. The van der Waals surface area contributed by atoms with Crippen LogP contribution in [-0.2, 0) is 9.59 Å². The number of hydrogen-bond donors (Lipinski definition) is 2. The summed E-state index contributed by atoms with van der Waals surface area (Å²) in [4.78, 5) is 72.8. The molecule has 0 saturated heterocycles. The van der Waals surface area contributed by atoms with E-state index < -0.39 is 47.7 Å². The Morgan fingerprint density at radius 3 is 1.27 bits per heavy atom. The highest BCUT2D eigenvalue weighted by molar-refractivity contribution is 6.23. The average Bonchev–Trinajstić information content (AvgIpc) is 3.23. The maximum absolute atomic E-state index is 12.2. The standard InChI is InChI=1S/C14H15NO4.C13H13NO4/c1-8(2)7-11(14(18)19)15-12(16)9-5-3-4-6-10(9)13(15)17;1-7(2)10(13(17)18)14-11(15)8-5-3-4-6-9(8)12(14)16/h3-6,8,11H,7H2,1-2H3,(H,18,19);3-7,10H,1-2H3,(H,17,18). The van der Waals surface area contributed by atoms with E-state index in [9.17, 15) is 39.0 Å². The summed E-state index contributed by atoms with van der Waals surface area (Å²) in [6.07, 6.45) is 0.251. The van der Waals surface area contributed by atoms with Crippen LogP contribution in [0.3, 0.4) is 0 Å². The van der Waals surface area contributed by atoms with E-state index in [1.807, 2.05) is 13.8 Å². The lowest BCUT2D eigenvalue weighted by Crippen LogP contribution is -2.47. The molecule has 37 heavy (non-hydrogen) atoms. The summed E-state index contributed by atoms with van der Waals surface area (Å²) >= 11 is 0. The number of imide groups is 2. The normalized spacial score (nSPS) is 15.9. The Bertz CT molecular complexity index is 1210. The lowest BCUT2D eigenvalue weighted by molar-refractivity contribution is -0.143. The fourth-order valence-electron chi connectivity index (χ4n) is 4.41. The number of carbonyl (C=O) groups excluding carboxylic acids is 4. The summed E-state index contributed by atoms with van der Waals surface area (Å²) in [5.74, 6) is -4.69. The zero-order chi connectivity index (χ0) is 27.6. The first-order chi connectivity index (χ1) is 17.4. The first-order valence-electron chi connectivity index (χ1n) is 11.8. The van der Waals surface area contributed by atoms with Gasteiger partial charge in [-0.2, -0.15) is 0 Å². The van der Waals surface area contributed by atoms with Crippen molar-refractivity contribution in [2.45, 2.75) is 46.2 Å². The highest BCUT2D eigenvalue weighted by Gasteiger charge is 2.44. The van der Waals surface area contributed by atoms with Gasteiger partial charge >= 0.3 is 11.9 Å². The third-order valence-electron chi connectivity index (χ3n) is 6.11. The van der Waals surface area contributed by atoms with E-state index in [0.29, 0.717) is 0 Å². The zero-order valence-electron chi connectivity index (χ0n) is 20.9. The van der Waals surface area contributed by atoms with Gasteiger partial charge in [-0.1, -0.05) is 52.0 Å². The van der Waals surface area contributed by atoms with Crippen molar-refractivity contribution in [3.63, 3.8) is 0 Å². The molecule has 0 spiro atoms. The van der Waals surface area contributed by atoms with Crippen LogP contribution in [0, 0.1) is 11.8 Å². The predicted octanol–water partition coefficient (Wildman–Crippen LogP) is 3.17. The number of rotatable bonds is 7. The molecule has 10 heteroatoms. The second kappa shape index (κ2) is 10.7. The molecule has 0 radical (unpaired) electrons. The Morgan fingerprint density at radius 1 is 0.649 bits per heavy atom. The molecule has 0 bridgehead atoms. The molecule has 2 unspecified atom stereocenters. The van der Waals surface area contributed by atoms with Crippen LogP contribution in [0.25, 0.3) is 0 Å². The molecule has 2 atom stereocenters. The fraction of sp³-hybridized carbons (Fsp3) is 0.333. The van der Waals surface area contributed by atoms with Crippen molar-refractivity contribution in [1.29, 1.82) is 0 Å². The van der Waals surface area contributed by atoms with Crippen LogP contribution in [-0.4, -0.2) is 67.7 Å². The van der Waals surface area contributed by atoms with Crippen molar-refractivity contribution in [3.05, 3.63) is 70.8 Å². The van der Waals surface area contributed by atoms with Crippen molar-refractivity contribution in [2.24, 2.45) is 11.8 Å². The van der Waals surface area contributed by atoms with E-state index in [1.54, 1.807) is 50.2 Å². The molecule has 4 amide bonds. The molecule has 194 valence electrons. The Hall–Kier alpha value is -4.34. The van der Waals surface area contributed by atoms with Gasteiger partial charge in [0.25, 0.3) is 23.6 Å². The summed E-state index contributed by atoms with van der Waals surface area (Å²) in [6.45, 7) is 7.05. The Kier molecular flexibility index (Phi) is 7.90. The second-order valence-electron chi connectivity index (χ2n) is 9.56. The molecule has 2 aromatic carbocycles. The monoisotopic (exact) mass is 508 g/mol.